The minimum atomic E-state index is -2.96. The summed E-state index contributed by atoms with van der Waals surface area (Å²) in [4.78, 5) is 33.2. The number of imide groups is 1. The number of H-pyrrole nitrogens is 1. The third-order valence-corrected chi connectivity index (χ3v) is 6.63. The van der Waals surface area contributed by atoms with E-state index >= 15 is 0 Å². The number of halogens is 2. The number of urea groups is 1. The summed E-state index contributed by atoms with van der Waals surface area (Å²) < 4.78 is 30.3. The number of phenolic OH excluding ortho intramolecular Hbond substituents is 1. The molecule has 0 saturated carbocycles. The molecule has 0 bridgehead atoms. The van der Waals surface area contributed by atoms with Gasteiger partial charge in [-0.15, -0.1) is 0 Å². The van der Waals surface area contributed by atoms with Crippen molar-refractivity contribution in [3.63, 3.8) is 0 Å². The Morgan fingerprint density at radius 1 is 1.26 bits per heavy atom. The summed E-state index contributed by atoms with van der Waals surface area (Å²) in [6, 6.07) is 10.0. The fraction of sp³-hybridized carbons (Fsp3) is 0.333. The first kappa shape index (κ1) is 22.1. The zero-order chi connectivity index (χ0) is 24.2. The van der Waals surface area contributed by atoms with E-state index in [1.165, 1.54) is 23.1 Å². The van der Waals surface area contributed by atoms with Crippen LogP contribution in [0.5, 0.6) is 11.5 Å². The maximum atomic E-state index is 13.6. The number of phenols is 1. The number of nitrogens with zero attached hydrogens (tertiary/aromatic N) is 2. The molecule has 2 atom stereocenters. The molecule has 5 rings (SSSR count). The molecule has 3 aromatic rings. The normalized spacial score (nSPS) is 22.0. The number of carbonyl (C=O) groups is 2. The van der Waals surface area contributed by atoms with Crippen LogP contribution >= 0.6 is 0 Å². The minimum absolute atomic E-state index is 0.00950. The van der Waals surface area contributed by atoms with Crippen molar-refractivity contribution in [2.75, 3.05) is 20.1 Å². The van der Waals surface area contributed by atoms with Crippen LogP contribution in [0.4, 0.5) is 13.6 Å². The van der Waals surface area contributed by atoms with Gasteiger partial charge in [-0.3, -0.25) is 14.6 Å². The van der Waals surface area contributed by atoms with Crippen LogP contribution < -0.4 is 10.1 Å². The van der Waals surface area contributed by atoms with E-state index < -0.39 is 24.2 Å². The topological polar surface area (TPSA) is 97.9 Å². The molecule has 178 valence electrons. The van der Waals surface area contributed by atoms with E-state index in [9.17, 15) is 23.5 Å². The van der Waals surface area contributed by atoms with Gasteiger partial charge in [-0.1, -0.05) is 12.1 Å². The lowest BCUT2D eigenvalue weighted by Crippen LogP contribution is -2.53. The standard InChI is InChI=1S/C24H24F2N4O4/c1-24-12-17-16-11-15(34-22(25)26)6-7-18(16)28-19(17)20(13-4-3-5-14(31)10-13)30(24)23(33)29(21(24)32)9-8-27-2/h3-7,10-11,20,22,27-28,31H,8-9,12H2,1-2H3/t20-,24+/m1/s1. The van der Waals surface area contributed by atoms with Gasteiger partial charge in [0, 0.05) is 36.1 Å². The summed E-state index contributed by atoms with van der Waals surface area (Å²) in [5, 5.41) is 13.8. The number of hydrogen-bond donors (Lipinski definition) is 3. The van der Waals surface area contributed by atoms with Crippen molar-refractivity contribution in [3.8, 4) is 11.5 Å². The van der Waals surface area contributed by atoms with E-state index in [2.05, 4.69) is 15.0 Å². The molecule has 3 heterocycles. The van der Waals surface area contributed by atoms with E-state index in [-0.39, 0.29) is 30.4 Å². The van der Waals surface area contributed by atoms with Gasteiger partial charge in [0.15, 0.2) is 0 Å². The van der Waals surface area contributed by atoms with Crippen LogP contribution in [-0.4, -0.2) is 64.1 Å². The van der Waals surface area contributed by atoms with Crippen molar-refractivity contribution in [2.45, 2.75) is 31.5 Å². The highest BCUT2D eigenvalue weighted by atomic mass is 19.3. The number of aromatic nitrogens is 1. The molecular weight excluding hydrogens is 446 g/mol. The van der Waals surface area contributed by atoms with Crippen molar-refractivity contribution in [1.29, 1.82) is 0 Å². The van der Waals surface area contributed by atoms with Crippen molar-refractivity contribution < 1.29 is 28.2 Å². The summed E-state index contributed by atoms with van der Waals surface area (Å²) in [7, 11) is 1.74. The van der Waals surface area contributed by atoms with Crippen molar-refractivity contribution >= 4 is 22.8 Å². The van der Waals surface area contributed by atoms with E-state index in [1.807, 2.05) is 0 Å². The van der Waals surface area contributed by atoms with Crippen molar-refractivity contribution in [3.05, 3.63) is 59.3 Å². The third-order valence-electron chi connectivity index (χ3n) is 6.63. The Morgan fingerprint density at radius 2 is 2.06 bits per heavy atom. The quantitative estimate of drug-likeness (QED) is 0.480. The monoisotopic (exact) mass is 470 g/mol. The fourth-order valence-electron chi connectivity index (χ4n) is 5.13. The summed E-state index contributed by atoms with van der Waals surface area (Å²) in [5.74, 6) is -0.284. The van der Waals surface area contributed by atoms with Crippen LogP contribution in [0, 0.1) is 0 Å². The molecule has 2 aliphatic heterocycles. The Bertz CT molecular complexity index is 1290. The zero-order valence-corrected chi connectivity index (χ0v) is 18.6. The third kappa shape index (κ3) is 3.28. The molecule has 1 aromatic heterocycles. The highest BCUT2D eigenvalue weighted by Crippen LogP contribution is 2.49. The smallest absolute Gasteiger partial charge is 0.387 e. The molecule has 2 aliphatic rings. The SMILES string of the molecule is CNCCN1C(=O)N2[C@H](c3cccc(O)c3)c3[nH]c4ccc(OC(F)F)cc4c3C[C@@]2(C)C1=O. The molecule has 0 radical (unpaired) electrons. The zero-order valence-electron chi connectivity index (χ0n) is 18.6. The number of benzene rings is 2. The maximum Gasteiger partial charge on any atom is 0.387 e. The lowest BCUT2D eigenvalue weighted by Gasteiger charge is -2.42. The molecule has 2 aromatic carbocycles. The number of amides is 3. The number of alkyl halides is 2. The van der Waals surface area contributed by atoms with Gasteiger partial charge >= 0.3 is 12.6 Å². The predicted molar refractivity (Wildman–Crippen MR) is 120 cm³/mol. The number of likely N-dealkylation sites (N-methyl/N-ethyl adjacent to an activating group) is 1. The largest absolute Gasteiger partial charge is 0.508 e. The molecule has 1 fully saturated rings. The molecule has 0 aliphatic carbocycles. The molecule has 0 unspecified atom stereocenters. The number of rotatable bonds is 6. The van der Waals surface area contributed by atoms with Gasteiger partial charge in [0.1, 0.15) is 23.1 Å². The van der Waals surface area contributed by atoms with Gasteiger partial charge in [-0.2, -0.15) is 8.78 Å². The van der Waals surface area contributed by atoms with Crippen LogP contribution in [0.2, 0.25) is 0 Å². The van der Waals surface area contributed by atoms with Crippen LogP contribution in [0.1, 0.15) is 29.8 Å². The number of fused-ring (bicyclic) bond motifs is 4. The van der Waals surface area contributed by atoms with Crippen LogP contribution in [-0.2, 0) is 11.2 Å². The number of aromatic amines is 1. The Labute approximate surface area is 194 Å². The van der Waals surface area contributed by atoms with Gasteiger partial charge in [0.2, 0.25) is 0 Å². The first-order chi connectivity index (χ1) is 16.2. The minimum Gasteiger partial charge on any atom is -0.508 e. The summed E-state index contributed by atoms with van der Waals surface area (Å²) in [5.41, 5.74) is 1.53. The number of carbonyl (C=O) groups excluding carboxylic acids is 2. The van der Waals surface area contributed by atoms with Gasteiger partial charge < -0.3 is 20.1 Å². The van der Waals surface area contributed by atoms with Crippen LogP contribution in [0.3, 0.4) is 0 Å². The number of hydrogen-bond acceptors (Lipinski definition) is 5. The lowest BCUT2D eigenvalue weighted by atomic mass is 9.81. The predicted octanol–water partition coefficient (Wildman–Crippen LogP) is 3.36. The first-order valence-corrected chi connectivity index (χ1v) is 10.9. The molecule has 0 spiro atoms. The van der Waals surface area contributed by atoms with Crippen molar-refractivity contribution in [1.82, 2.24) is 20.1 Å². The Balaban J connectivity index is 1.71. The molecule has 34 heavy (non-hydrogen) atoms. The number of ether oxygens (including phenoxy) is 1. The number of nitrogens with one attached hydrogen (secondary N) is 2. The first-order valence-electron chi connectivity index (χ1n) is 10.9. The molecular formula is C24H24F2N4O4. The molecule has 1 saturated heterocycles. The van der Waals surface area contributed by atoms with Crippen molar-refractivity contribution in [2.24, 2.45) is 0 Å². The second kappa shape index (κ2) is 7.98. The number of aromatic hydroxyl groups is 1. The van der Waals surface area contributed by atoms with E-state index in [0.717, 1.165) is 5.56 Å². The Morgan fingerprint density at radius 3 is 2.76 bits per heavy atom. The van der Waals surface area contributed by atoms with Gasteiger partial charge in [-0.25, -0.2) is 4.79 Å². The van der Waals surface area contributed by atoms with E-state index in [0.29, 0.717) is 28.7 Å². The highest BCUT2D eigenvalue weighted by molar-refractivity contribution is 6.08. The van der Waals surface area contributed by atoms with E-state index in [1.54, 1.807) is 43.1 Å². The summed E-state index contributed by atoms with van der Waals surface area (Å²) in [6.45, 7) is -0.576. The molecule has 10 heteroatoms. The van der Waals surface area contributed by atoms with E-state index in [4.69, 9.17) is 0 Å². The van der Waals surface area contributed by atoms with Crippen LogP contribution in [0.25, 0.3) is 10.9 Å². The Hall–Kier alpha value is -3.66. The molecule has 8 nitrogen and oxygen atoms in total. The second-order valence-corrected chi connectivity index (χ2v) is 8.76. The van der Waals surface area contributed by atoms with Crippen LogP contribution in [0.15, 0.2) is 42.5 Å². The molecule has 3 N–H and O–H groups in total. The summed E-state index contributed by atoms with van der Waals surface area (Å²) in [6.07, 6.45) is 0.205. The van der Waals surface area contributed by atoms with Gasteiger partial charge in [0.05, 0.1) is 0 Å². The average Bonchev–Trinajstić information content (AvgIpc) is 3.22. The lowest BCUT2D eigenvalue weighted by molar-refractivity contribution is -0.133. The average molecular weight is 470 g/mol. The fourth-order valence-corrected chi connectivity index (χ4v) is 5.13. The second-order valence-electron chi connectivity index (χ2n) is 8.76. The summed E-state index contributed by atoms with van der Waals surface area (Å²) >= 11 is 0. The van der Waals surface area contributed by atoms with Gasteiger partial charge in [-0.05, 0) is 55.4 Å². The Kier molecular flexibility index (Phi) is 5.20. The highest BCUT2D eigenvalue weighted by Gasteiger charge is 2.60. The molecule has 3 amide bonds. The van der Waals surface area contributed by atoms with Gasteiger partial charge in [0.25, 0.3) is 5.91 Å². The maximum absolute atomic E-state index is 13.6.